The van der Waals surface area contributed by atoms with Crippen molar-refractivity contribution in [3.05, 3.63) is 0 Å². The zero-order chi connectivity index (χ0) is 11.3. The molecule has 0 aromatic heterocycles. The van der Waals surface area contributed by atoms with Crippen molar-refractivity contribution in [2.45, 2.75) is 19.3 Å². The van der Waals surface area contributed by atoms with Gasteiger partial charge in [-0.2, -0.15) is 0 Å². The summed E-state index contributed by atoms with van der Waals surface area (Å²) in [4.78, 5) is 2.17. The van der Waals surface area contributed by atoms with E-state index in [4.69, 9.17) is 11.1 Å². The fourth-order valence-corrected chi connectivity index (χ4v) is 2.90. The molecular formula is C9H19N3O2S. The van der Waals surface area contributed by atoms with Crippen molar-refractivity contribution in [1.82, 2.24) is 4.90 Å². The lowest BCUT2D eigenvalue weighted by atomic mass is 10.2. The molecule has 88 valence electrons. The molecular weight excluding hydrogens is 214 g/mol. The molecule has 1 saturated heterocycles. The molecule has 1 aliphatic heterocycles. The molecule has 15 heavy (non-hydrogen) atoms. The van der Waals surface area contributed by atoms with Gasteiger partial charge in [0.1, 0.15) is 0 Å². The number of sulfone groups is 1. The van der Waals surface area contributed by atoms with Crippen molar-refractivity contribution < 1.29 is 8.42 Å². The van der Waals surface area contributed by atoms with Crippen molar-refractivity contribution in [1.29, 1.82) is 5.41 Å². The largest absolute Gasteiger partial charge is 0.388 e. The fourth-order valence-electron chi connectivity index (χ4n) is 1.62. The molecule has 5 nitrogen and oxygen atoms in total. The van der Waals surface area contributed by atoms with Gasteiger partial charge in [-0.15, -0.1) is 0 Å². The van der Waals surface area contributed by atoms with Crippen molar-refractivity contribution in [3.63, 3.8) is 0 Å². The summed E-state index contributed by atoms with van der Waals surface area (Å²) in [5, 5.41) is 7.05. The van der Waals surface area contributed by atoms with Crippen LogP contribution in [0, 0.1) is 5.41 Å². The molecule has 0 bridgehead atoms. The molecule has 0 saturated carbocycles. The standard InChI is InChI=1S/C9H19N3O2S/c10-9(11)3-1-2-4-12-5-7-15(13,14)8-6-12/h1-8H2,(H3,10,11). The van der Waals surface area contributed by atoms with E-state index in [-0.39, 0.29) is 5.84 Å². The average molecular weight is 233 g/mol. The molecule has 6 heteroatoms. The Morgan fingerprint density at radius 2 is 1.87 bits per heavy atom. The van der Waals surface area contributed by atoms with Gasteiger partial charge in [-0.3, -0.25) is 5.41 Å². The molecule has 3 N–H and O–H groups in total. The van der Waals surface area contributed by atoms with Crippen LogP contribution in [0.1, 0.15) is 19.3 Å². The minimum Gasteiger partial charge on any atom is -0.388 e. The van der Waals surface area contributed by atoms with Crippen LogP contribution in [0.25, 0.3) is 0 Å². The van der Waals surface area contributed by atoms with Crippen LogP contribution in [-0.2, 0) is 9.84 Å². The van der Waals surface area contributed by atoms with Crippen LogP contribution in [0.15, 0.2) is 0 Å². The number of amidine groups is 1. The van der Waals surface area contributed by atoms with Gasteiger partial charge in [-0.05, 0) is 19.4 Å². The summed E-state index contributed by atoms with van der Waals surface area (Å²) >= 11 is 0. The summed E-state index contributed by atoms with van der Waals surface area (Å²) in [6.07, 6.45) is 2.55. The molecule has 1 rings (SSSR count). The minimum absolute atomic E-state index is 0.233. The lowest BCUT2D eigenvalue weighted by Crippen LogP contribution is -2.40. The maximum Gasteiger partial charge on any atom is 0.152 e. The third-order valence-corrected chi connectivity index (χ3v) is 4.22. The van der Waals surface area contributed by atoms with E-state index in [1.54, 1.807) is 0 Å². The van der Waals surface area contributed by atoms with E-state index in [0.29, 0.717) is 31.0 Å². The average Bonchev–Trinajstić information content (AvgIpc) is 2.14. The van der Waals surface area contributed by atoms with Crippen LogP contribution >= 0.6 is 0 Å². The van der Waals surface area contributed by atoms with Gasteiger partial charge >= 0.3 is 0 Å². The molecule has 0 atom stereocenters. The Kier molecular flexibility index (Phi) is 4.53. The Balaban J connectivity index is 2.11. The van der Waals surface area contributed by atoms with Crippen molar-refractivity contribution in [3.8, 4) is 0 Å². The van der Waals surface area contributed by atoms with Crippen LogP contribution < -0.4 is 5.73 Å². The summed E-state index contributed by atoms with van der Waals surface area (Å²) in [6, 6.07) is 0. The first-order chi connectivity index (χ1) is 6.99. The maximum atomic E-state index is 11.1. The predicted octanol–water partition coefficient (Wildman–Crippen LogP) is -0.177. The second-order valence-electron chi connectivity index (χ2n) is 3.98. The Hall–Kier alpha value is -0.620. The first kappa shape index (κ1) is 12.4. The summed E-state index contributed by atoms with van der Waals surface area (Å²) in [5.74, 6) is 0.815. The molecule has 1 aliphatic rings. The monoisotopic (exact) mass is 233 g/mol. The van der Waals surface area contributed by atoms with E-state index < -0.39 is 9.84 Å². The van der Waals surface area contributed by atoms with Gasteiger partial charge in [0.15, 0.2) is 9.84 Å². The number of rotatable bonds is 5. The second kappa shape index (κ2) is 5.46. The summed E-state index contributed by atoms with van der Waals surface area (Å²) in [7, 11) is -2.76. The van der Waals surface area contributed by atoms with E-state index >= 15 is 0 Å². The predicted molar refractivity (Wildman–Crippen MR) is 60.9 cm³/mol. The van der Waals surface area contributed by atoms with E-state index in [0.717, 1.165) is 19.4 Å². The van der Waals surface area contributed by atoms with E-state index in [1.165, 1.54) is 0 Å². The van der Waals surface area contributed by atoms with Gasteiger partial charge in [0.05, 0.1) is 17.3 Å². The first-order valence-corrected chi connectivity index (χ1v) is 7.07. The minimum atomic E-state index is -2.76. The lowest BCUT2D eigenvalue weighted by molar-refractivity contribution is 0.290. The Bertz CT molecular complexity index is 299. The summed E-state index contributed by atoms with van der Waals surface area (Å²) in [5.41, 5.74) is 5.24. The number of hydrogen-bond donors (Lipinski definition) is 2. The van der Waals surface area contributed by atoms with Crippen molar-refractivity contribution >= 4 is 15.7 Å². The highest BCUT2D eigenvalue weighted by Gasteiger charge is 2.20. The smallest absolute Gasteiger partial charge is 0.152 e. The zero-order valence-electron chi connectivity index (χ0n) is 8.91. The first-order valence-electron chi connectivity index (χ1n) is 5.25. The molecule has 1 heterocycles. The van der Waals surface area contributed by atoms with Gasteiger partial charge in [0, 0.05) is 19.5 Å². The SMILES string of the molecule is N=C(N)CCCCN1CCS(=O)(=O)CC1. The Morgan fingerprint density at radius 3 is 2.40 bits per heavy atom. The number of nitrogens with two attached hydrogens (primary N) is 1. The van der Waals surface area contributed by atoms with E-state index in [2.05, 4.69) is 4.90 Å². The highest BCUT2D eigenvalue weighted by molar-refractivity contribution is 7.91. The number of nitrogens with one attached hydrogen (secondary N) is 1. The van der Waals surface area contributed by atoms with Crippen LogP contribution in [0.2, 0.25) is 0 Å². The molecule has 0 spiro atoms. The van der Waals surface area contributed by atoms with Crippen molar-refractivity contribution in [2.75, 3.05) is 31.1 Å². The van der Waals surface area contributed by atoms with Crippen LogP contribution in [0.4, 0.5) is 0 Å². The van der Waals surface area contributed by atoms with Gasteiger partial charge < -0.3 is 10.6 Å². The van der Waals surface area contributed by atoms with Gasteiger partial charge in [-0.1, -0.05) is 0 Å². The molecule has 0 aromatic carbocycles. The van der Waals surface area contributed by atoms with Gasteiger partial charge in [-0.25, -0.2) is 8.42 Å². The Labute approximate surface area is 91.1 Å². The molecule has 0 aliphatic carbocycles. The normalized spacial score (nSPS) is 21.3. The lowest BCUT2D eigenvalue weighted by Gasteiger charge is -2.26. The number of hydrogen-bond acceptors (Lipinski definition) is 4. The topological polar surface area (TPSA) is 87.2 Å². The summed E-state index contributed by atoms with van der Waals surface area (Å²) in [6.45, 7) is 2.23. The quantitative estimate of drug-likeness (QED) is 0.392. The molecule has 0 amide bonds. The van der Waals surface area contributed by atoms with Gasteiger partial charge in [0.2, 0.25) is 0 Å². The van der Waals surface area contributed by atoms with Gasteiger partial charge in [0.25, 0.3) is 0 Å². The van der Waals surface area contributed by atoms with Crippen LogP contribution in [-0.4, -0.2) is 50.3 Å². The maximum absolute atomic E-state index is 11.1. The molecule has 0 unspecified atom stereocenters. The second-order valence-corrected chi connectivity index (χ2v) is 6.28. The molecule has 0 aromatic rings. The summed E-state index contributed by atoms with van der Waals surface area (Å²) < 4.78 is 22.3. The fraction of sp³-hybridized carbons (Fsp3) is 0.889. The van der Waals surface area contributed by atoms with Crippen molar-refractivity contribution in [2.24, 2.45) is 5.73 Å². The third-order valence-electron chi connectivity index (χ3n) is 2.61. The number of unbranched alkanes of at least 4 members (excludes halogenated alkanes) is 1. The molecule has 0 radical (unpaired) electrons. The zero-order valence-corrected chi connectivity index (χ0v) is 9.72. The van der Waals surface area contributed by atoms with E-state index in [9.17, 15) is 8.42 Å². The Morgan fingerprint density at radius 1 is 1.27 bits per heavy atom. The van der Waals surface area contributed by atoms with E-state index in [1.807, 2.05) is 0 Å². The third kappa shape index (κ3) is 5.13. The van der Waals surface area contributed by atoms with Crippen LogP contribution in [0.5, 0.6) is 0 Å². The highest BCUT2D eigenvalue weighted by atomic mass is 32.2. The molecule has 1 fully saturated rings. The number of nitrogens with zero attached hydrogens (tertiary/aromatic N) is 1. The highest BCUT2D eigenvalue weighted by Crippen LogP contribution is 2.05. The van der Waals surface area contributed by atoms with Crippen LogP contribution in [0.3, 0.4) is 0 Å².